The summed E-state index contributed by atoms with van der Waals surface area (Å²) in [7, 11) is 0. The minimum absolute atomic E-state index is 0.0382. The number of hydrogen-bond donors (Lipinski definition) is 2. The van der Waals surface area contributed by atoms with E-state index < -0.39 is 0 Å². The molecule has 0 saturated heterocycles. The highest BCUT2D eigenvalue weighted by molar-refractivity contribution is 9.10. The highest BCUT2D eigenvalue weighted by atomic mass is 79.9. The molecule has 0 fully saturated rings. The van der Waals surface area contributed by atoms with Crippen LogP contribution in [0.4, 0.5) is 0 Å². The molecule has 0 saturated carbocycles. The van der Waals surface area contributed by atoms with E-state index in [1.54, 1.807) is 0 Å². The van der Waals surface area contributed by atoms with E-state index in [0.717, 1.165) is 16.9 Å². The fourth-order valence-corrected chi connectivity index (χ4v) is 2.13. The molecule has 1 aromatic carbocycles. The number of aliphatic hydroxyl groups excluding tert-OH is 1. The van der Waals surface area contributed by atoms with Crippen molar-refractivity contribution in [3.05, 3.63) is 58.5 Å². The molecule has 0 spiro atoms. The summed E-state index contributed by atoms with van der Waals surface area (Å²) >= 11 is 3.27. The molecule has 3 nitrogen and oxygen atoms in total. The van der Waals surface area contributed by atoms with Gasteiger partial charge in [-0.05, 0) is 40.0 Å². The number of furan rings is 1. The first-order valence-electron chi connectivity index (χ1n) is 5.90. The lowest BCUT2D eigenvalue weighted by molar-refractivity contribution is 0.238. The molecule has 18 heavy (non-hydrogen) atoms. The molecule has 1 heterocycles. The van der Waals surface area contributed by atoms with Gasteiger partial charge in [-0.25, -0.2) is 0 Å². The van der Waals surface area contributed by atoms with Gasteiger partial charge in [0.2, 0.25) is 0 Å². The predicted octanol–water partition coefficient (Wildman–Crippen LogP) is 2.74. The number of hydrogen-bond acceptors (Lipinski definition) is 3. The molecular formula is C14H16BrNO2. The van der Waals surface area contributed by atoms with Gasteiger partial charge < -0.3 is 14.8 Å². The van der Waals surface area contributed by atoms with Crippen LogP contribution in [0.25, 0.3) is 0 Å². The number of halogens is 1. The third-order valence-corrected chi connectivity index (χ3v) is 3.17. The first kappa shape index (κ1) is 13.3. The fourth-order valence-electron chi connectivity index (χ4n) is 1.79. The maximum absolute atomic E-state index is 9.37. The quantitative estimate of drug-likeness (QED) is 0.862. The Hall–Kier alpha value is -1.10. The zero-order chi connectivity index (χ0) is 12.8. The van der Waals surface area contributed by atoms with Crippen molar-refractivity contribution in [1.29, 1.82) is 0 Å². The van der Waals surface area contributed by atoms with Crippen LogP contribution >= 0.6 is 15.9 Å². The minimum atomic E-state index is 0.0382. The molecule has 2 rings (SSSR count). The molecule has 2 aromatic rings. The molecule has 96 valence electrons. The second-order valence-electron chi connectivity index (χ2n) is 4.16. The summed E-state index contributed by atoms with van der Waals surface area (Å²) in [5, 5.41) is 12.7. The molecule has 1 aromatic heterocycles. The standard InChI is InChI=1S/C14H16BrNO2/c15-14-7-6-13(18-14)9-16-12(10-17)8-11-4-2-1-3-5-11/h1-7,12,16-17H,8-10H2/t12-/m1/s1. The van der Waals surface area contributed by atoms with Gasteiger partial charge in [-0.2, -0.15) is 0 Å². The third kappa shape index (κ3) is 3.98. The lowest BCUT2D eigenvalue weighted by atomic mass is 10.1. The van der Waals surface area contributed by atoms with Gasteiger partial charge in [-0.15, -0.1) is 0 Å². The van der Waals surface area contributed by atoms with Gasteiger partial charge in [-0.1, -0.05) is 30.3 Å². The van der Waals surface area contributed by atoms with E-state index in [1.807, 2.05) is 30.3 Å². The Bertz CT molecular complexity index is 470. The smallest absolute Gasteiger partial charge is 0.169 e. The molecule has 0 amide bonds. The van der Waals surface area contributed by atoms with Crippen molar-refractivity contribution >= 4 is 15.9 Å². The molecule has 0 unspecified atom stereocenters. The van der Waals surface area contributed by atoms with E-state index in [-0.39, 0.29) is 12.6 Å². The van der Waals surface area contributed by atoms with Crippen LogP contribution in [0.1, 0.15) is 11.3 Å². The highest BCUT2D eigenvalue weighted by Gasteiger charge is 2.09. The molecule has 0 aliphatic carbocycles. The summed E-state index contributed by atoms with van der Waals surface area (Å²) in [6.45, 7) is 0.723. The molecule has 1 atom stereocenters. The summed E-state index contributed by atoms with van der Waals surface area (Å²) in [6.07, 6.45) is 0.805. The average Bonchev–Trinajstić information content (AvgIpc) is 2.81. The fraction of sp³-hybridized carbons (Fsp3) is 0.286. The monoisotopic (exact) mass is 309 g/mol. The molecule has 0 aliphatic heterocycles. The van der Waals surface area contributed by atoms with Crippen molar-refractivity contribution in [3.8, 4) is 0 Å². The molecular weight excluding hydrogens is 294 g/mol. The maximum atomic E-state index is 9.37. The zero-order valence-electron chi connectivity index (χ0n) is 9.97. The summed E-state index contributed by atoms with van der Waals surface area (Å²) in [5.74, 6) is 0.855. The Balaban J connectivity index is 1.86. The average molecular weight is 310 g/mol. The van der Waals surface area contributed by atoms with Gasteiger partial charge in [-0.3, -0.25) is 0 Å². The van der Waals surface area contributed by atoms with Crippen LogP contribution in [0.2, 0.25) is 0 Å². The Morgan fingerprint density at radius 2 is 1.94 bits per heavy atom. The number of benzene rings is 1. The van der Waals surface area contributed by atoms with Crippen molar-refractivity contribution in [1.82, 2.24) is 5.32 Å². The van der Waals surface area contributed by atoms with Crippen LogP contribution in [0.15, 0.2) is 51.6 Å². The van der Waals surface area contributed by atoms with Crippen LogP contribution < -0.4 is 5.32 Å². The molecule has 2 N–H and O–H groups in total. The molecule has 0 aliphatic rings. The van der Waals surface area contributed by atoms with E-state index in [4.69, 9.17) is 4.42 Å². The third-order valence-electron chi connectivity index (χ3n) is 2.74. The van der Waals surface area contributed by atoms with E-state index in [0.29, 0.717) is 6.54 Å². The van der Waals surface area contributed by atoms with Crippen LogP contribution in [0.5, 0.6) is 0 Å². The van der Waals surface area contributed by atoms with E-state index in [2.05, 4.69) is 33.4 Å². The Labute approximate surface area is 115 Å². The largest absolute Gasteiger partial charge is 0.453 e. The molecule has 0 radical (unpaired) electrons. The van der Waals surface area contributed by atoms with Crippen molar-refractivity contribution in [3.63, 3.8) is 0 Å². The Morgan fingerprint density at radius 1 is 1.17 bits per heavy atom. The highest BCUT2D eigenvalue weighted by Crippen LogP contribution is 2.14. The zero-order valence-corrected chi connectivity index (χ0v) is 11.6. The van der Waals surface area contributed by atoms with Crippen molar-refractivity contribution < 1.29 is 9.52 Å². The second-order valence-corrected chi connectivity index (χ2v) is 4.94. The van der Waals surface area contributed by atoms with Gasteiger partial charge >= 0.3 is 0 Å². The summed E-state index contributed by atoms with van der Waals surface area (Å²) in [5.41, 5.74) is 1.21. The van der Waals surface area contributed by atoms with E-state index in [1.165, 1.54) is 5.56 Å². The van der Waals surface area contributed by atoms with Gasteiger partial charge in [0.25, 0.3) is 0 Å². The second kappa shape index (κ2) is 6.73. The lowest BCUT2D eigenvalue weighted by Gasteiger charge is -2.15. The topological polar surface area (TPSA) is 45.4 Å². The maximum Gasteiger partial charge on any atom is 0.169 e. The van der Waals surface area contributed by atoms with E-state index in [9.17, 15) is 5.11 Å². The lowest BCUT2D eigenvalue weighted by Crippen LogP contribution is -2.33. The Kier molecular flexibility index (Phi) is 4.99. The predicted molar refractivity (Wildman–Crippen MR) is 74.3 cm³/mol. The van der Waals surface area contributed by atoms with Crippen LogP contribution in [-0.2, 0) is 13.0 Å². The summed E-state index contributed by atoms with van der Waals surface area (Å²) < 4.78 is 6.13. The van der Waals surface area contributed by atoms with Crippen LogP contribution in [-0.4, -0.2) is 17.8 Å². The minimum Gasteiger partial charge on any atom is -0.453 e. The number of nitrogens with one attached hydrogen (secondary N) is 1. The normalized spacial score (nSPS) is 12.6. The van der Waals surface area contributed by atoms with Gasteiger partial charge in [0, 0.05) is 6.04 Å². The molecule has 4 heteroatoms. The van der Waals surface area contributed by atoms with Crippen molar-refractivity contribution in [2.45, 2.75) is 19.0 Å². The molecule has 0 bridgehead atoms. The first-order valence-corrected chi connectivity index (χ1v) is 6.69. The summed E-state index contributed by atoms with van der Waals surface area (Å²) in [6, 6.07) is 13.9. The van der Waals surface area contributed by atoms with Crippen LogP contribution in [0, 0.1) is 0 Å². The van der Waals surface area contributed by atoms with E-state index >= 15 is 0 Å². The van der Waals surface area contributed by atoms with Gasteiger partial charge in [0.1, 0.15) is 5.76 Å². The van der Waals surface area contributed by atoms with Gasteiger partial charge in [0.05, 0.1) is 13.2 Å². The summed E-state index contributed by atoms with van der Waals surface area (Å²) in [4.78, 5) is 0. The van der Waals surface area contributed by atoms with Crippen molar-refractivity contribution in [2.75, 3.05) is 6.61 Å². The number of aliphatic hydroxyl groups is 1. The SMILES string of the molecule is OC[C@@H](Cc1ccccc1)NCc1ccc(Br)o1. The Morgan fingerprint density at radius 3 is 2.56 bits per heavy atom. The van der Waals surface area contributed by atoms with Crippen LogP contribution in [0.3, 0.4) is 0 Å². The van der Waals surface area contributed by atoms with Crippen molar-refractivity contribution in [2.24, 2.45) is 0 Å². The first-order chi connectivity index (χ1) is 8.78. The number of rotatable bonds is 6. The van der Waals surface area contributed by atoms with Gasteiger partial charge in [0.15, 0.2) is 4.67 Å².